The molecule has 1 aromatic heterocycles. The SMILES string of the molecule is CCCCC(CC)c1c(-c2ccccc2C)ccn1C(N)=O. The Hall–Kier alpha value is -2.03. The van der Waals surface area contributed by atoms with E-state index in [0.29, 0.717) is 5.92 Å². The minimum absolute atomic E-state index is 0.358. The number of rotatable bonds is 6. The molecule has 0 fully saturated rings. The molecule has 0 aliphatic heterocycles. The lowest BCUT2D eigenvalue weighted by atomic mass is 9.90. The van der Waals surface area contributed by atoms with Crippen molar-refractivity contribution in [3.63, 3.8) is 0 Å². The minimum Gasteiger partial charge on any atom is -0.351 e. The lowest BCUT2D eigenvalue weighted by Crippen LogP contribution is -2.22. The molecule has 2 N–H and O–H groups in total. The molecule has 0 radical (unpaired) electrons. The fourth-order valence-electron chi connectivity index (χ4n) is 3.14. The van der Waals surface area contributed by atoms with Crippen LogP contribution in [0.3, 0.4) is 0 Å². The summed E-state index contributed by atoms with van der Waals surface area (Å²) in [6.45, 7) is 6.48. The lowest BCUT2D eigenvalue weighted by Gasteiger charge is -2.19. The highest BCUT2D eigenvalue weighted by molar-refractivity contribution is 5.81. The predicted octanol–water partition coefficient (Wildman–Crippen LogP) is 5.07. The van der Waals surface area contributed by atoms with E-state index < -0.39 is 6.03 Å². The van der Waals surface area contributed by atoms with Crippen LogP contribution in [0.4, 0.5) is 4.79 Å². The maximum Gasteiger partial charge on any atom is 0.323 e. The number of hydrogen-bond donors (Lipinski definition) is 1. The first kappa shape index (κ1) is 16.3. The van der Waals surface area contributed by atoms with Crippen LogP contribution in [-0.4, -0.2) is 10.6 Å². The van der Waals surface area contributed by atoms with Gasteiger partial charge < -0.3 is 5.73 Å². The topological polar surface area (TPSA) is 48.0 Å². The maximum atomic E-state index is 11.8. The fraction of sp³-hybridized carbons (Fsp3) is 0.421. The highest BCUT2D eigenvalue weighted by atomic mass is 16.2. The molecule has 2 aromatic rings. The van der Waals surface area contributed by atoms with E-state index in [4.69, 9.17) is 5.73 Å². The number of hydrogen-bond acceptors (Lipinski definition) is 1. The van der Waals surface area contributed by atoms with Gasteiger partial charge in [-0.15, -0.1) is 0 Å². The molecule has 1 aromatic carbocycles. The van der Waals surface area contributed by atoms with Crippen LogP contribution in [0.5, 0.6) is 0 Å². The van der Waals surface area contributed by atoms with Gasteiger partial charge >= 0.3 is 6.03 Å². The highest BCUT2D eigenvalue weighted by Crippen LogP contribution is 2.36. The zero-order chi connectivity index (χ0) is 16.1. The van der Waals surface area contributed by atoms with Gasteiger partial charge in [0.15, 0.2) is 0 Å². The Morgan fingerprint density at radius 2 is 1.91 bits per heavy atom. The molecule has 22 heavy (non-hydrogen) atoms. The average molecular weight is 298 g/mol. The van der Waals surface area contributed by atoms with Gasteiger partial charge in [0.1, 0.15) is 0 Å². The molecule has 1 atom stereocenters. The van der Waals surface area contributed by atoms with Gasteiger partial charge in [0.25, 0.3) is 0 Å². The molecular formula is C19H26N2O. The molecule has 118 valence electrons. The van der Waals surface area contributed by atoms with Crippen molar-refractivity contribution in [2.45, 2.75) is 52.4 Å². The Labute approximate surface area is 133 Å². The quantitative estimate of drug-likeness (QED) is 0.794. The number of carbonyl (C=O) groups is 1. The summed E-state index contributed by atoms with van der Waals surface area (Å²) in [6.07, 6.45) is 6.23. The van der Waals surface area contributed by atoms with Crippen LogP contribution >= 0.6 is 0 Å². The minimum atomic E-state index is -0.398. The molecule has 1 amide bonds. The number of aryl methyl sites for hydroxylation is 1. The van der Waals surface area contributed by atoms with Crippen molar-refractivity contribution in [1.82, 2.24) is 4.57 Å². The van der Waals surface area contributed by atoms with Crippen LogP contribution in [0, 0.1) is 6.92 Å². The van der Waals surface area contributed by atoms with Crippen molar-refractivity contribution in [3.05, 3.63) is 47.8 Å². The summed E-state index contributed by atoms with van der Waals surface area (Å²) in [7, 11) is 0. The van der Waals surface area contributed by atoms with Crippen LogP contribution in [-0.2, 0) is 0 Å². The fourth-order valence-corrected chi connectivity index (χ4v) is 3.14. The highest BCUT2D eigenvalue weighted by Gasteiger charge is 2.21. The van der Waals surface area contributed by atoms with Gasteiger partial charge in [-0.1, -0.05) is 51.0 Å². The van der Waals surface area contributed by atoms with Crippen molar-refractivity contribution < 1.29 is 4.79 Å². The normalized spacial score (nSPS) is 12.3. The van der Waals surface area contributed by atoms with Crippen molar-refractivity contribution in [3.8, 4) is 11.1 Å². The summed E-state index contributed by atoms with van der Waals surface area (Å²) in [5, 5.41) is 0. The zero-order valence-corrected chi connectivity index (χ0v) is 13.8. The molecule has 3 nitrogen and oxygen atoms in total. The first-order valence-electron chi connectivity index (χ1n) is 8.17. The summed E-state index contributed by atoms with van der Waals surface area (Å²) in [6, 6.07) is 9.93. The Morgan fingerprint density at radius 3 is 2.50 bits per heavy atom. The van der Waals surface area contributed by atoms with Crippen LogP contribution < -0.4 is 5.73 Å². The van der Waals surface area contributed by atoms with E-state index in [0.717, 1.165) is 36.9 Å². The van der Waals surface area contributed by atoms with E-state index in [1.54, 1.807) is 4.57 Å². The molecule has 0 saturated heterocycles. The standard InChI is InChI=1S/C19H26N2O/c1-4-6-10-15(5-2)18-17(12-13-21(18)19(20)22)16-11-8-7-9-14(16)3/h7-9,11-13,15H,4-6,10H2,1-3H3,(H2,20,22). The van der Waals surface area contributed by atoms with Crippen LogP contribution in [0.25, 0.3) is 11.1 Å². The largest absolute Gasteiger partial charge is 0.351 e. The maximum absolute atomic E-state index is 11.8. The second-order valence-electron chi connectivity index (χ2n) is 5.89. The second kappa shape index (κ2) is 7.30. The number of nitrogens with zero attached hydrogens (tertiary/aromatic N) is 1. The smallest absolute Gasteiger partial charge is 0.323 e. The van der Waals surface area contributed by atoms with E-state index in [2.05, 4.69) is 32.9 Å². The van der Waals surface area contributed by atoms with E-state index >= 15 is 0 Å². The van der Waals surface area contributed by atoms with Gasteiger partial charge in [0.2, 0.25) is 0 Å². The molecule has 1 unspecified atom stereocenters. The first-order valence-corrected chi connectivity index (χ1v) is 8.17. The number of benzene rings is 1. The average Bonchev–Trinajstić information content (AvgIpc) is 2.93. The third-order valence-electron chi connectivity index (χ3n) is 4.38. The number of carbonyl (C=O) groups excluding carboxylic acids is 1. The monoisotopic (exact) mass is 298 g/mol. The summed E-state index contributed by atoms with van der Waals surface area (Å²) in [5.41, 5.74) is 10.2. The Morgan fingerprint density at radius 1 is 1.18 bits per heavy atom. The van der Waals surface area contributed by atoms with Gasteiger partial charge in [0, 0.05) is 23.4 Å². The van der Waals surface area contributed by atoms with Crippen molar-refractivity contribution in [2.24, 2.45) is 5.73 Å². The van der Waals surface area contributed by atoms with Crippen LogP contribution in [0.2, 0.25) is 0 Å². The summed E-state index contributed by atoms with van der Waals surface area (Å²) in [4.78, 5) is 11.8. The second-order valence-corrected chi connectivity index (χ2v) is 5.89. The third-order valence-corrected chi connectivity index (χ3v) is 4.38. The molecule has 2 rings (SSSR count). The van der Waals surface area contributed by atoms with Crippen molar-refractivity contribution in [2.75, 3.05) is 0 Å². The van der Waals surface area contributed by atoms with Crippen LogP contribution in [0.15, 0.2) is 36.5 Å². The van der Waals surface area contributed by atoms with Gasteiger partial charge in [-0.05, 0) is 37.0 Å². The Balaban J connectivity index is 2.56. The molecule has 0 aliphatic carbocycles. The zero-order valence-electron chi connectivity index (χ0n) is 13.8. The predicted molar refractivity (Wildman–Crippen MR) is 92.1 cm³/mol. The van der Waals surface area contributed by atoms with Crippen molar-refractivity contribution >= 4 is 6.03 Å². The van der Waals surface area contributed by atoms with E-state index in [1.165, 1.54) is 11.1 Å². The molecule has 1 heterocycles. The first-order chi connectivity index (χ1) is 10.6. The number of amides is 1. The van der Waals surface area contributed by atoms with E-state index in [9.17, 15) is 4.79 Å². The summed E-state index contributed by atoms with van der Waals surface area (Å²) < 4.78 is 1.63. The number of aromatic nitrogens is 1. The molecule has 0 bridgehead atoms. The number of nitrogens with two attached hydrogens (primary N) is 1. The summed E-state index contributed by atoms with van der Waals surface area (Å²) >= 11 is 0. The van der Waals surface area contributed by atoms with Gasteiger partial charge in [-0.3, -0.25) is 4.57 Å². The van der Waals surface area contributed by atoms with Crippen LogP contribution in [0.1, 0.15) is 56.7 Å². The van der Waals surface area contributed by atoms with Gasteiger partial charge in [0.05, 0.1) is 0 Å². The Kier molecular flexibility index (Phi) is 5.42. The number of primary amides is 1. The van der Waals surface area contributed by atoms with Crippen molar-refractivity contribution in [1.29, 1.82) is 0 Å². The molecule has 3 heteroatoms. The molecule has 0 aliphatic rings. The van der Waals surface area contributed by atoms with E-state index in [-0.39, 0.29) is 0 Å². The molecular weight excluding hydrogens is 272 g/mol. The Bertz CT molecular complexity index is 643. The third kappa shape index (κ3) is 3.24. The number of unbranched alkanes of at least 4 members (excludes halogenated alkanes) is 1. The molecule has 0 spiro atoms. The summed E-state index contributed by atoms with van der Waals surface area (Å²) in [5.74, 6) is 0.358. The lowest BCUT2D eigenvalue weighted by molar-refractivity contribution is 0.249. The van der Waals surface area contributed by atoms with Gasteiger partial charge in [-0.25, -0.2) is 4.79 Å². The van der Waals surface area contributed by atoms with Gasteiger partial charge in [-0.2, -0.15) is 0 Å². The van der Waals surface area contributed by atoms with E-state index in [1.807, 2.05) is 24.4 Å². The molecule has 0 saturated carbocycles.